The summed E-state index contributed by atoms with van der Waals surface area (Å²) in [5.74, 6) is 6.49. The number of thiazole rings is 1. The standard InChI is InChI=1S/C17H13N3S/c1-12-6-8-14-15(10-12)21-17(20-14)5-3-2-4-13-7-9-16(18)19-11-13/h3,5-11H,1H3,(H2,18,19)/b5-3+. The molecule has 4 heteroatoms. The molecule has 0 aliphatic rings. The van der Waals surface area contributed by atoms with Gasteiger partial charge in [-0.2, -0.15) is 0 Å². The minimum atomic E-state index is 0.501. The molecule has 102 valence electrons. The van der Waals surface area contributed by atoms with E-state index < -0.39 is 0 Å². The third kappa shape index (κ3) is 3.28. The van der Waals surface area contributed by atoms with Crippen molar-refractivity contribution >= 4 is 33.4 Å². The van der Waals surface area contributed by atoms with Crippen LogP contribution in [0.25, 0.3) is 16.3 Å². The van der Waals surface area contributed by atoms with E-state index in [0.29, 0.717) is 5.82 Å². The number of allylic oxidation sites excluding steroid dienone is 1. The zero-order chi connectivity index (χ0) is 14.7. The van der Waals surface area contributed by atoms with Crippen LogP contribution in [0.5, 0.6) is 0 Å². The molecule has 3 rings (SSSR count). The van der Waals surface area contributed by atoms with Gasteiger partial charge in [-0.25, -0.2) is 9.97 Å². The van der Waals surface area contributed by atoms with Crippen LogP contribution in [0.2, 0.25) is 0 Å². The molecular formula is C17H13N3S. The fourth-order valence-electron chi connectivity index (χ4n) is 1.84. The molecule has 0 aliphatic heterocycles. The first-order valence-electron chi connectivity index (χ1n) is 6.47. The van der Waals surface area contributed by atoms with Gasteiger partial charge in [-0.05, 0) is 48.9 Å². The number of anilines is 1. The number of aryl methyl sites for hydroxylation is 1. The maximum atomic E-state index is 5.52. The van der Waals surface area contributed by atoms with Crippen LogP contribution < -0.4 is 5.73 Å². The summed E-state index contributed by atoms with van der Waals surface area (Å²) in [5.41, 5.74) is 8.64. The molecule has 2 aromatic heterocycles. The topological polar surface area (TPSA) is 51.8 Å². The van der Waals surface area contributed by atoms with Gasteiger partial charge < -0.3 is 5.73 Å². The Balaban J connectivity index is 1.77. The Morgan fingerprint density at radius 1 is 1.24 bits per heavy atom. The monoisotopic (exact) mass is 291 g/mol. The van der Waals surface area contributed by atoms with E-state index in [1.807, 2.05) is 18.2 Å². The van der Waals surface area contributed by atoms with Crippen molar-refractivity contribution in [2.45, 2.75) is 6.92 Å². The third-order valence-corrected chi connectivity index (χ3v) is 3.86. The molecule has 0 radical (unpaired) electrons. The number of nitrogens with zero attached hydrogens (tertiary/aromatic N) is 2. The molecular weight excluding hydrogens is 278 g/mol. The van der Waals surface area contributed by atoms with E-state index in [2.05, 4.69) is 40.9 Å². The second-order valence-corrected chi connectivity index (χ2v) is 5.66. The molecule has 3 nitrogen and oxygen atoms in total. The molecule has 0 unspecified atom stereocenters. The lowest BCUT2D eigenvalue weighted by Crippen LogP contribution is -1.88. The number of nitrogens with two attached hydrogens (primary N) is 1. The molecule has 2 heterocycles. The van der Waals surface area contributed by atoms with E-state index in [1.165, 1.54) is 10.3 Å². The number of pyridine rings is 1. The molecule has 0 bridgehead atoms. The summed E-state index contributed by atoms with van der Waals surface area (Å²) in [6.07, 6.45) is 5.40. The van der Waals surface area contributed by atoms with E-state index in [4.69, 9.17) is 5.73 Å². The number of hydrogen-bond acceptors (Lipinski definition) is 4. The van der Waals surface area contributed by atoms with Crippen molar-refractivity contribution in [3.8, 4) is 11.8 Å². The number of hydrogen-bond donors (Lipinski definition) is 1. The van der Waals surface area contributed by atoms with Crippen molar-refractivity contribution in [1.29, 1.82) is 0 Å². The molecule has 0 aliphatic carbocycles. The Morgan fingerprint density at radius 2 is 2.14 bits per heavy atom. The van der Waals surface area contributed by atoms with E-state index in [-0.39, 0.29) is 0 Å². The molecule has 0 amide bonds. The van der Waals surface area contributed by atoms with Gasteiger partial charge >= 0.3 is 0 Å². The average Bonchev–Trinajstić information content (AvgIpc) is 2.87. The summed E-state index contributed by atoms with van der Waals surface area (Å²) < 4.78 is 1.20. The lowest BCUT2D eigenvalue weighted by molar-refractivity contribution is 1.32. The van der Waals surface area contributed by atoms with Crippen LogP contribution in [0.3, 0.4) is 0 Å². The van der Waals surface area contributed by atoms with Crippen molar-refractivity contribution in [3.05, 3.63) is 58.7 Å². The van der Waals surface area contributed by atoms with Crippen LogP contribution in [0.15, 0.2) is 42.6 Å². The van der Waals surface area contributed by atoms with Gasteiger partial charge in [0, 0.05) is 11.8 Å². The summed E-state index contributed by atoms with van der Waals surface area (Å²) in [4.78, 5) is 8.54. The van der Waals surface area contributed by atoms with E-state index in [1.54, 1.807) is 29.7 Å². The normalized spacial score (nSPS) is 10.7. The number of benzene rings is 1. The van der Waals surface area contributed by atoms with Gasteiger partial charge in [0.15, 0.2) is 0 Å². The second-order valence-electron chi connectivity index (χ2n) is 4.60. The highest BCUT2D eigenvalue weighted by molar-refractivity contribution is 7.19. The highest BCUT2D eigenvalue weighted by Crippen LogP contribution is 2.23. The lowest BCUT2D eigenvalue weighted by atomic mass is 10.2. The van der Waals surface area contributed by atoms with Crippen LogP contribution in [0.1, 0.15) is 16.1 Å². The van der Waals surface area contributed by atoms with Crippen molar-refractivity contribution in [3.63, 3.8) is 0 Å². The Labute approximate surface area is 127 Å². The Hall–Kier alpha value is -2.64. The van der Waals surface area contributed by atoms with Crippen LogP contribution in [0, 0.1) is 18.8 Å². The van der Waals surface area contributed by atoms with Crippen LogP contribution in [0.4, 0.5) is 5.82 Å². The van der Waals surface area contributed by atoms with Crippen LogP contribution in [-0.4, -0.2) is 9.97 Å². The molecule has 1 aromatic carbocycles. The van der Waals surface area contributed by atoms with Crippen LogP contribution in [-0.2, 0) is 0 Å². The fraction of sp³-hybridized carbons (Fsp3) is 0.0588. The maximum Gasteiger partial charge on any atom is 0.123 e. The Bertz CT molecular complexity index is 864. The van der Waals surface area contributed by atoms with Crippen molar-refractivity contribution in [2.75, 3.05) is 5.73 Å². The minimum absolute atomic E-state index is 0.501. The Morgan fingerprint density at radius 3 is 2.95 bits per heavy atom. The Kier molecular flexibility index (Phi) is 3.67. The number of fused-ring (bicyclic) bond motifs is 1. The summed E-state index contributed by atoms with van der Waals surface area (Å²) >= 11 is 1.67. The SMILES string of the molecule is Cc1ccc2nc(/C=C/C#Cc3ccc(N)nc3)sc2c1. The molecule has 0 spiro atoms. The predicted molar refractivity (Wildman–Crippen MR) is 88.9 cm³/mol. The van der Waals surface area contributed by atoms with Crippen LogP contribution >= 0.6 is 11.3 Å². The van der Waals surface area contributed by atoms with Gasteiger partial charge in [0.25, 0.3) is 0 Å². The first-order chi connectivity index (χ1) is 10.2. The van der Waals surface area contributed by atoms with Gasteiger partial charge in [-0.15, -0.1) is 11.3 Å². The largest absolute Gasteiger partial charge is 0.384 e. The molecule has 0 saturated heterocycles. The summed E-state index contributed by atoms with van der Waals surface area (Å²) in [7, 11) is 0. The summed E-state index contributed by atoms with van der Waals surface area (Å²) in [5, 5.41) is 0.959. The fourth-order valence-corrected chi connectivity index (χ4v) is 2.81. The van der Waals surface area contributed by atoms with Crippen molar-refractivity contribution in [1.82, 2.24) is 9.97 Å². The van der Waals surface area contributed by atoms with Gasteiger partial charge in [0.2, 0.25) is 0 Å². The molecule has 0 fully saturated rings. The van der Waals surface area contributed by atoms with E-state index in [9.17, 15) is 0 Å². The highest BCUT2D eigenvalue weighted by Gasteiger charge is 2.00. The summed E-state index contributed by atoms with van der Waals surface area (Å²) in [6, 6.07) is 9.86. The summed E-state index contributed by atoms with van der Waals surface area (Å²) in [6.45, 7) is 2.08. The quantitative estimate of drug-likeness (QED) is 0.696. The number of aromatic nitrogens is 2. The van der Waals surface area contributed by atoms with Gasteiger partial charge in [-0.3, -0.25) is 0 Å². The molecule has 2 N–H and O–H groups in total. The zero-order valence-electron chi connectivity index (χ0n) is 11.5. The van der Waals surface area contributed by atoms with Crippen molar-refractivity contribution < 1.29 is 0 Å². The highest BCUT2D eigenvalue weighted by atomic mass is 32.1. The zero-order valence-corrected chi connectivity index (χ0v) is 12.3. The lowest BCUT2D eigenvalue weighted by Gasteiger charge is -1.89. The second kappa shape index (κ2) is 5.78. The smallest absolute Gasteiger partial charge is 0.123 e. The minimum Gasteiger partial charge on any atom is -0.384 e. The van der Waals surface area contributed by atoms with E-state index in [0.717, 1.165) is 16.1 Å². The molecule has 3 aromatic rings. The third-order valence-electron chi connectivity index (χ3n) is 2.87. The first kappa shape index (κ1) is 13.3. The maximum absolute atomic E-state index is 5.52. The van der Waals surface area contributed by atoms with Gasteiger partial charge in [0.1, 0.15) is 10.8 Å². The van der Waals surface area contributed by atoms with Gasteiger partial charge in [-0.1, -0.05) is 17.9 Å². The average molecular weight is 291 g/mol. The number of rotatable bonds is 1. The van der Waals surface area contributed by atoms with E-state index >= 15 is 0 Å². The number of nitrogen functional groups attached to an aromatic ring is 1. The van der Waals surface area contributed by atoms with Crippen molar-refractivity contribution in [2.24, 2.45) is 0 Å². The predicted octanol–water partition coefficient (Wildman–Crippen LogP) is 3.65. The molecule has 0 atom stereocenters. The molecule has 21 heavy (non-hydrogen) atoms. The van der Waals surface area contributed by atoms with Gasteiger partial charge in [0.05, 0.1) is 10.2 Å². The first-order valence-corrected chi connectivity index (χ1v) is 7.29. The molecule has 0 saturated carbocycles.